The zero-order valence-electron chi connectivity index (χ0n) is 10.0. The Bertz CT molecular complexity index is 549. The molecule has 3 nitrogen and oxygen atoms in total. The zero-order valence-corrected chi connectivity index (χ0v) is 10.0. The SMILES string of the molecule is C#Cc1cccc(NC(C)c2cnn(C)c2)c1. The number of rotatable bonds is 3. The molecule has 0 spiro atoms. The second-order valence-corrected chi connectivity index (χ2v) is 4.04. The number of aryl methyl sites for hydroxylation is 1. The van der Waals surface area contributed by atoms with Gasteiger partial charge in [-0.3, -0.25) is 4.68 Å². The summed E-state index contributed by atoms with van der Waals surface area (Å²) in [6.07, 6.45) is 9.24. The standard InChI is InChI=1S/C14H15N3/c1-4-12-6-5-7-14(8-12)16-11(2)13-9-15-17(3)10-13/h1,5-11,16H,2-3H3. The molecule has 1 unspecified atom stereocenters. The van der Waals surface area contributed by atoms with Crippen molar-refractivity contribution in [3.63, 3.8) is 0 Å². The van der Waals surface area contributed by atoms with Crippen molar-refractivity contribution in [1.29, 1.82) is 0 Å². The Morgan fingerprint density at radius 1 is 1.47 bits per heavy atom. The molecule has 1 heterocycles. The van der Waals surface area contributed by atoms with E-state index in [1.165, 1.54) is 0 Å². The summed E-state index contributed by atoms with van der Waals surface area (Å²) in [7, 11) is 1.91. The van der Waals surface area contributed by atoms with Gasteiger partial charge in [-0.2, -0.15) is 5.10 Å². The first-order chi connectivity index (χ1) is 8.19. The first-order valence-corrected chi connectivity index (χ1v) is 5.51. The molecule has 0 radical (unpaired) electrons. The molecule has 0 saturated heterocycles. The number of benzene rings is 1. The summed E-state index contributed by atoms with van der Waals surface area (Å²) in [5.41, 5.74) is 3.06. The topological polar surface area (TPSA) is 29.9 Å². The van der Waals surface area contributed by atoms with E-state index in [-0.39, 0.29) is 6.04 Å². The van der Waals surface area contributed by atoms with Crippen LogP contribution in [0.15, 0.2) is 36.7 Å². The number of anilines is 1. The van der Waals surface area contributed by atoms with Crippen LogP contribution in [-0.4, -0.2) is 9.78 Å². The highest BCUT2D eigenvalue weighted by Crippen LogP contribution is 2.19. The van der Waals surface area contributed by atoms with Crippen LogP contribution >= 0.6 is 0 Å². The molecule has 2 aromatic rings. The Morgan fingerprint density at radius 3 is 2.94 bits per heavy atom. The van der Waals surface area contributed by atoms with Crippen LogP contribution in [0.1, 0.15) is 24.1 Å². The molecule has 0 aliphatic heterocycles. The maximum absolute atomic E-state index is 5.37. The minimum Gasteiger partial charge on any atom is -0.378 e. The summed E-state index contributed by atoms with van der Waals surface area (Å²) >= 11 is 0. The third-order valence-electron chi connectivity index (χ3n) is 2.64. The normalized spacial score (nSPS) is 11.8. The summed E-state index contributed by atoms with van der Waals surface area (Å²) in [6, 6.07) is 8.05. The smallest absolute Gasteiger partial charge is 0.0542 e. The lowest BCUT2D eigenvalue weighted by atomic mass is 10.1. The van der Waals surface area contributed by atoms with Crippen molar-refractivity contribution >= 4 is 5.69 Å². The van der Waals surface area contributed by atoms with Crippen LogP contribution in [0.5, 0.6) is 0 Å². The van der Waals surface area contributed by atoms with Crippen molar-refractivity contribution in [3.05, 3.63) is 47.8 Å². The first-order valence-electron chi connectivity index (χ1n) is 5.51. The molecular weight excluding hydrogens is 210 g/mol. The number of aromatic nitrogens is 2. The second-order valence-electron chi connectivity index (χ2n) is 4.04. The highest BCUT2D eigenvalue weighted by molar-refractivity contribution is 5.51. The molecule has 1 N–H and O–H groups in total. The van der Waals surface area contributed by atoms with Crippen molar-refractivity contribution < 1.29 is 0 Å². The second kappa shape index (κ2) is 4.75. The molecule has 0 amide bonds. The van der Waals surface area contributed by atoms with Crippen molar-refractivity contribution in [3.8, 4) is 12.3 Å². The van der Waals surface area contributed by atoms with E-state index in [1.807, 2.05) is 43.7 Å². The third kappa shape index (κ3) is 2.67. The summed E-state index contributed by atoms with van der Waals surface area (Å²) in [5.74, 6) is 2.63. The molecular formula is C14H15N3. The summed E-state index contributed by atoms with van der Waals surface area (Å²) < 4.78 is 1.80. The van der Waals surface area contributed by atoms with Gasteiger partial charge in [-0.1, -0.05) is 12.0 Å². The summed E-state index contributed by atoms with van der Waals surface area (Å²) in [6.45, 7) is 2.10. The van der Waals surface area contributed by atoms with E-state index in [9.17, 15) is 0 Å². The average molecular weight is 225 g/mol. The molecule has 2 rings (SSSR count). The van der Waals surface area contributed by atoms with E-state index in [1.54, 1.807) is 4.68 Å². The Balaban J connectivity index is 2.13. The van der Waals surface area contributed by atoms with Crippen molar-refractivity contribution in [1.82, 2.24) is 9.78 Å². The molecule has 0 saturated carbocycles. The van der Waals surface area contributed by atoms with Crippen molar-refractivity contribution in [2.24, 2.45) is 7.05 Å². The van der Waals surface area contributed by atoms with Gasteiger partial charge in [-0.15, -0.1) is 6.42 Å². The number of nitrogens with one attached hydrogen (secondary N) is 1. The van der Waals surface area contributed by atoms with E-state index in [4.69, 9.17) is 6.42 Å². The van der Waals surface area contributed by atoms with Gasteiger partial charge in [-0.25, -0.2) is 0 Å². The molecule has 1 aromatic carbocycles. The first kappa shape index (κ1) is 11.3. The van der Waals surface area contributed by atoms with Gasteiger partial charge in [0, 0.05) is 30.1 Å². The lowest BCUT2D eigenvalue weighted by Crippen LogP contribution is -2.05. The van der Waals surface area contributed by atoms with Crippen molar-refractivity contribution in [2.45, 2.75) is 13.0 Å². The summed E-state index contributed by atoms with van der Waals surface area (Å²) in [4.78, 5) is 0. The van der Waals surface area contributed by atoms with Gasteiger partial charge in [0.15, 0.2) is 0 Å². The largest absolute Gasteiger partial charge is 0.378 e. The van der Waals surface area contributed by atoms with Gasteiger partial charge in [0.25, 0.3) is 0 Å². The molecule has 1 aromatic heterocycles. The van der Waals surface area contributed by atoms with Crippen LogP contribution in [0.4, 0.5) is 5.69 Å². The van der Waals surface area contributed by atoms with Crippen LogP contribution < -0.4 is 5.32 Å². The lowest BCUT2D eigenvalue weighted by Gasteiger charge is -2.13. The molecule has 0 aliphatic carbocycles. The van der Waals surface area contributed by atoms with Gasteiger partial charge >= 0.3 is 0 Å². The van der Waals surface area contributed by atoms with E-state index in [0.717, 1.165) is 16.8 Å². The predicted octanol–water partition coefficient (Wildman–Crippen LogP) is 2.57. The van der Waals surface area contributed by atoms with Crippen LogP contribution in [0.2, 0.25) is 0 Å². The Hall–Kier alpha value is -2.21. The number of nitrogens with zero attached hydrogens (tertiary/aromatic N) is 2. The van der Waals surface area contributed by atoms with Crippen LogP contribution in [0, 0.1) is 12.3 Å². The number of terminal acetylenes is 1. The fourth-order valence-electron chi connectivity index (χ4n) is 1.70. The minimum absolute atomic E-state index is 0.205. The highest BCUT2D eigenvalue weighted by Gasteiger charge is 2.07. The molecule has 86 valence electrons. The molecule has 17 heavy (non-hydrogen) atoms. The molecule has 0 bridgehead atoms. The molecule has 3 heteroatoms. The predicted molar refractivity (Wildman–Crippen MR) is 69.6 cm³/mol. The average Bonchev–Trinajstić information content (AvgIpc) is 2.76. The summed E-state index contributed by atoms with van der Waals surface area (Å²) in [5, 5.41) is 7.55. The third-order valence-corrected chi connectivity index (χ3v) is 2.64. The van der Waals surface area contributed by atoms with E-state index in [2.05, 4.69) is 23.3 Å². The van der Waals surface area contributed by atoms with Gasteiger partial charge in [0.2, 0.25) is 0 Å². The molecule has 1 atom stereocenters. The zero-order chi connectivity index (χ0) is 12.3. The van der Waals surface area contributed by atoms with Gasteiger partial charge in [0.1, 0.15) is 0 Å². The van der Waals surface area contributed by atoms with Crippen LogP contribution in [0.3, 0.4) is 0 Å². The van der Waals surface area contributed by atoms with Gasteiger partial charge < -0.3 is 5.32 Å². The molecule has 0 aliphatic rings. The van der Waals surface area contributed by atoms with Crippen LogP contribution in [-0.2, 0) is 7.05 Å². The van der Waals surface area contributed by atoms with Gasteiger partial charge in [0.05, 0.1) is 12.2 Å². The highest BCUT2D eigenvalue weighted by atomic mass is 15.2. The van der Waals surface area contributed by atoms with Crippen LogP contribution in [0.25, 0.3) is 0 Å². The molecule has 0 fully saturated rings. The fourth-order valence-corrected chi connectivity index (χ4v) is 1.70. The van der Waals surface area contributed by atoms with E-state index < -0.39 is 0 Å². The maximum atomic E-state index is 5.37. The lowest BCUT2D eigenvalue weighted by molar-refractivity contribution is 0.765. The van der Waals surface area contributed by atoms with E-state index >= 15 is 0 Å². The number of hydrogen-bond donors (Lipinski definition) is 1. The van der Waals surface area contributed by atoms with Crippen molar-refractivity contribution in [2.75, 3.05) is 5.32 Å². The maximum Gasteiger partial charge on any atom is 0.0542 e. The Morgan fingerprint density at radius 2 is 2.29 bits per heavy atom. The fraction of sp³-hybridized carbons (Fsp3) is 0.214. The minimum atomic E-state index is 0.205. The monoisotopic (exact) mass is 225 g/mol. The van der Waals surface area contributed by atoms with E-state index in [0.29, 0.717) is 0 Å². The van der Waals surface area contributed by atoms with Gasteiger partial charge in [-0.05, 0) is 25.1 Å². The quantitative estimate of drug-likeness (QED) is 0.814. The number of hydrogen-bond acceptors (Lipinski definition) is 2. The Labute approximate surface area is 101 Å². The Kier molecular flexibility index (Phi) is 3.15.